The Morgan fingerprint density at radius 3 is 2.43 bits per heavy atom. The first kappa shape index (κ1) is 21.0. The van der Waals surface area contributed by atoms with Crippen molar-refractivity contribution in [3.05, 3.63) is 63.7 Å². The van der Waals surface area contributed by atoms with E-state index in [9.17, 15) is 24.5 Å². The summed E-state index contributed by atoms with van der Waals surface area (Å²) in [6.07, 6.45) is 1.21. The number of nitrogens with one attached hydrogen (secondary N) is 2. The molecule has 0 aromatic heterocycles. The number of hydrogen-bond donors (Lipinski definition) is 2. The molecule has 0 bridgehead atoms. The van der Waals surface area contributed by atoms with Gasteiger partial charge in [-0.1, -0.05) is 6.07 Å². The summed E-state index contributed by atoms with van der Waals surface area (Å²) in [5.41, 5.74) is 1.71. The molecule has 0 radical (unpaired) electrons. The number of carbonyl (C=O) groups is 3. The van der Waals surface area contributed by atoms with Crippen LogP contribution in [0.4, 0.5) is 17.1 Å². The van der Waals surface area contributed by atoms with E-state index in [0.29, 0.717) is 41.9 Å². The van der Waals surface area contributed by atoms with E-state index in [4.69, 9.17) is 0 Å². The average molecular weight is 410 g/mol. The van der Waals surface area contributed by atoms with Crippen LogP contribution in [0.15, 0.2) is 42.5 Å². The summed E-state index contributed by atoms with van der Waals surface area (Å²) in [7, 11) is 0. The van der Waals surface area contributed by atoms with E-state index < -0.39 is 11.0 Å². The Labute approximate surface area is 173 Å². The van der Waals surface area contributed by atoms with Crippen LogP contribution in [-0.2, 0) is 9.59 Å². The van der Waals surface area contributed by atoms with Gasteiger partial charge in [0.25, 0.3) is 11.6 Å². The molecule has 0 saturated carbocycles. The number of amides is 3. The van der Waals surface area contributed by atoms with E-state index in [1.165, 1.54) is 30.0 Å². The largest absolute Gasteiger partial charge is 0.327 e. The summed E-state index contributed by atoms with van der Waals surface area (Å²) in [6, 6.07) is 10.3. The van der Waals surface area contributed by atoms with Crippen molar-refractivity contribution in [2.24, 2.45) is 0 Å². The summed E-state index contributed by atoms with van der Waals surface area (Å²) in [6.45, 7) is 3.40. The van der Waals surface area contributed by atoms with Gasteiger partial charge in [0.1, 0.15) is 6.04 Å². The van der Waals surface area contributed by atoms with Crippen molar-refractivity contribution in [3.8, 4) is 0 Å². The highest BCUT2D eigenvalue weighted by Gasteiger charge is 2.35. The lowest BCUT2D eigenvalue weighted by Gasteiger charge is -2.24. The third-order valence-electron chi connectivity index (χ3n) is 4.91. The van der Waals surface area contributed by atoms with E-state index in [-0.39, 0.29) is 23.4 Å². The fourth-order valence-electron chi connectivity index (χ4n) is 3.55. The van der Waals surface area contributed by atoms with Gasteiger partial charge in [-0.3, -0.25) is 24.5 Å². The minimum absolute atomic E-state index is 0.0543. The molecule has 2 aromatic rings. The van der Waals surface area contributed by atoms with Gasteiger partial charge in [-0.05, 0) is 50.1 Å². The van der Waals surface area contributed by atoms with Crippen LogP contribution < -0.4 is 10.6 Å². The molecule has 1 atom stereocenters. The number of rotatable bonds is 5. The van der Waals surface area contributed by atoms with Gasteiger partial charge >= 0.3 is 0 Å². The molecule has 1 saturated heterocycles. The molecule has 2 N–H and O–H groups in total. The number of anilines is 2. The molecule has 3 rings (SSSR count). The van der Waals surface area contributed by atoms with E-state index in [1.54, 1.807) is 31.2 Å². The normalized spacial score (nSPS) is 15.5. The molecule has 1 aliphatic heterocycles. The van der Waals surface area contributed by atoms with Gasteiger partial charge in [-0.25, -0.2) is 0 Å². The molecule has 9 nitrogen and oxygen atoms in total. The second-order valence-corrected chi connectivity index (χ2v) is 7.17. The second kappa shape index (κ2) is 8.73. The van der Waals surface area contributed by atoms with Crippen LogP contribution in [0, 0.1) is 17.0 Å². The van der Waals surface area contributed by atoms with Crippen LogP contribution in [-0.4, -0.2) is 40.1 Å². The van der Waals surface area contributed by atoms with Crippen LogP contribution in [0.5, 0.6) is 0 Å². The van der Waals surface area contributed by atoms with Crippen molar-refractivity contribution in [3.63, 3.8) is 0 Å². The van der Waals surface area contributed by atoms with Gasteiger partial charge in [0.15, 0.2) is 0 Å². The lowest BCUT2D eigenvalue weighted by Crippen LogP contribution is -2.43. The molecular weight excluding hydrogens is 388 g/mol. The first-order chi connectivity index (χ1) is 14.3. The molecular formula is C21H22N4O5. The highest BCUT2D eigenvalue weighted by molar-refractivity contribution is 6.02. The zero-order valence-corrected chi connectivity index (χ0v) is 16.7. The van der Waals surface area contributed by atoms with E-state index >= 15 is 0 Å². The topological polar surface area (TPSA) is 122 Å². The Morgan fingerprint density at radius 1 is 1.10 bits per heavy atom. The second-order valence-electron chi connectivity index (χ2n) is 7.17. The maximum absolute atomic E-state index is 13.0. The van der Waals surface area contributed by atoms with Gasteiger partial charge < -0.3 is 15.5 Å². The molecule has 1 unspecified atom stereocenters. The van der Waals surface area contributed by atoms with E-state index in [0.717, 1.165) is 0 Å². The van der Waals surface area contributed by atoms with E-state index in [1.807, 2.05) is 0 Å². The van der Waals surface area contributed by atoms with Crippen molar-refractivity contribution in [1.29, 1.82) is 0 Å². The lowest BCUT2D eigenvalue weighted by molar-refractivity contribution is -0.385. The van der Waals surface area contributed by atoms with Crippen molar-refractivity contribution in [2.45, 2.75) is 32.7 Å². The molecule has 30 heavy (non-hydrogen) atoms. The van der Waals surface area contributed by atoms with Gasteiger partial charge in [-0.2, -0.15) is 0 Å². The number of likely N-dealkylation sites (tertiary alicyclic amines) is 1. The van der Waals surface area contributed by atoms with Crippen LogP contribution in [0.1, 0.15) is 35.7 Å². The monoisotopic (exact) mass is 410 g/mol. The molecule has 0 aliphatic carbocycles. The summed E-state index contributed by atoms with van der Waals surface area (Å²) in [5.74, 6) is -0.874. The molecule has 0 spiro atoms. The average Bonchev–Trinajstić information content (AvgIpc) is 3.16. The quantitative estimate of drug-likeness (QED) is 0.579. The summed E-state index contributed by atoms with van der Waals surface area (Å²) in [5, 5.41) is 16.4. The molecule has 2 aromatic carbocycles. The third-order valence-corrected chi connectivity index (χ3v) is 4.91. The van der Waals surface area contributed by atoms with Crippen molar-refractivity contribution < 1.29 is 19.3 Å². The third kappa shape index (κ3) is 4.62. The summed E-state index contributed by atoms with van der Waals surface area (Å²) < 4.78 is 0. The van der Waals surface area contributed by atoms with E-state index in [2.05, 4.69) is 10.6 Å². The minimum atomic E-state index is -0.641. The molecule has 1 heterocycles. The first-order valence-corrected chi connectivity index (χ1v) is 9.51. The Bertz CT molecular complexity index is 1020. The zero-order chi connectivity index (χ0) is 21.8. The lowest BCUT2D eigenvalue weighted by atomic mass is 10.1. The number of hydrogen-bond acceptors (Lipinski definition) is 5. The Hall–Kier alpha value is -3.75. The predicted molar refractivity (Wildman–Crippen MR) is 111 cm³/mol. The maximum Gasteiger partial charge on any atom is 0.272 e. The molecule has 3 amide bonds. The molecule has 156 valence electrons. The SMILES string of the molecule is CC(=O)Nc1cccc(NC(=O)C2CCCN2C(=O)c2ccc([N+](=O)[O-])c(C)c2)c1. The number of aryl methyl sites for hydroxylation is 1. The number of nitrogens with zero attached hydrogens (tertiary/aromatic N) is 2. The minimum Gasteiger partial charge on any atom is -0.327 e. The Morgan fingerprint density at radius 2 is 1.80 bits per heavy atom. The smallest absolute Gasteiger partial charge is 0.272 e. The van der Waals surface area contributed by atoms with Crippen LogP contribution >= 0.6 is 0 Å². The fourth-order valence-corrected chi connectivity index (χ4v) is 3.55. The van der Waals surface area contributed by atoms with Gasteiger partial charge in [0.2, 0.25) is 11.8 Å². The number of benzene rings is 2. The fraction of sp³-hybridized carbons (Fsp3) is 0.286. The standard InChI is InChI=1S/C21H22N4O5/c1-13-11-15(8-9-18(13)25(29)30)21(28)24-10-4-7-19(24)20(27)23-17-6-3-5-16(12-17)22-14(2)26/h3,5-6,8-9,11-12,19H,4,7,10H2,1-2H3,(H,22,26)(H,23,27). The number of carbonyl (C=O) groups excluding carboxylic acids is 3. The van der Waals surface area contributed by atoms with Crippen molar-refractivity contribution in [1.82, 2.24) is 4.90 Å². The van der Waals surface area contributed by atoms with Crippen molar-refractivity contribution >= 4 is 34.8 Å². The number of nitro groups is 1. The molecule has 1 fully saturated rings. The highest BCUT2D eigenvalue weighted by atomic mass is 16.6. The Kier molecular flexibility index (Phi) is 6.10. The van der Waals surface area contributed by atoms with Gasteiger partial charge in [0, 0.05) is 42.0 Å². The van der Waals surface area contributed by atoms with Crippen LogP contribution in [0.2, 0.25) is 0 Å². The van der Waals surface area contributed by atoms with Crippen molar-refractivity contribution in [2.75, 3.05) is 17.2 Å². The van der Waals surface area contributed by atoms with Crippen LogP contribution in [0.3, 0.4) is 0 Å². The van der Waals surface area contributed by atoms with Gasteiger partial charge in [0.05, 0.1) is 4.92 Å². The first-order valence-electron chi connectivity index (χ1n) is 9.51. The van der Waals surface area contributed by atoms with Gasteiger partial charge in [-0.15, -0.1) is 0 Å². The Balaban J connectivity index is 1.74. The summed E-state index contributed by atoms with van der Waals surface area (Å²) >= 11 is 0. The molecule has 9 heteroatoms. The predicted octanol–water partition coefficient (Wildman–Crippen LogP) is 3.10. The maximum atomic E-state index is 13.0. The van der Waals surface area contributed by atoms with Crippen LogP contribution in [0.25, 0.3) is 0 Å². The molecule has 1 aliphatic rings. The zero-order valence-electron chi connectivity index (χ0n) is 16.7. The summed E-state index contributed by atoms with van der Waals surface area (Å²) in [4.78, 5) is 49.0. The highest BCUT2D eigenvalue weighted by Crippen LogP contribution is 2.25. The number of nitro benzene ring substituents is 1.